The molecule has 0 aliphatic carbocycles. The van der Waals surface area contributed by atoms with Crippen LogP contribution in [-0.2, 0) is 4.74 Å². The summed E-state index contributed by atoms with van der Waals surface area (Å²) in [5.41, 5.74) is 3.01. The number of ether oxygens (including phenoxy) is 1. The van der Waals surface area contributed by atoms with E-state index in [0.29, 0.717) is 11.8 Å². The van der Waals surface area contributed by atoms with E-state index in [1.807, 2.05) is 35.4 Å². The van der Waals surface area contributed by atoms with E-state index in [2.05, 4.69) is 51.3 Å². The Labute approximate surface area is 168 Å². The van der Waals surface area contributed by atoms with Crippen LogP contribution < -0.4 is 10.2 Å². The second-order valence-corrected chi connectivity index (χ2v) is 7.44. The molecular weight excluding hydrogens is 366 g/mol. The van der Waals surface area contributed by atoms with Crippen LogP contribution >= 0.6 is 0 Å². The highest BCUT2D eigenvalue weighted by molar-refractivity contribution is 6.03. The molecule has 1 aromatic carbocycles. The van der Waals surface area contributed by atoms with Gasteiger partial charge in [0, 0.05) is 36.1 Å². The molecule has 0 spiro atoms. The lowest BCUT2D eigenvalue weighted by atomic mass is 10.2. The third-order valence-corrected chi connectivity index (χ3v) is 5.16. The minimum Gasteiger partial charge on any atom is -0.378 e. The molecule has 0 bridgehead atoms. The number of fused-ring (bicyclic) bond motifs is 3. The van der Waals surface area contributed by atoms with Crippen molar-refractivity contribution in [3.63, 3.8) is 0 Å². The average Bonchev–Trinajstić information content (AvgIpc) is 3.20. The van der Waals surface area contributed by atoms with E-state index in [-0.39, 0.29) is 6.04 Å². The standard InChI is InChI=1S/C21H23N7O/c1-14(2)28-20-16(12-24-28)4-3-15-11-23-21(26-19(15)20)25-18-6-5-17(13-22-18)27-7-9-29-10-8-27/h3-6,11-14H,7-10H2,1-2H3,(H,22,23,25,26). The number of aromatic nitrogens is 5. The molecule has 0 amide bonds. The molecule has 0 saturated carbocycles. The van der Waals surface area contributed by atoms with Gasteiger partial charge >= 0.3 is 0 Å². The maximum atomic E-state index is 5.41. The van der Waals surface area contributed by atoms with Gasteiger partial charge in [-0.2, -0.15) is 5.10 Å². The smallest absolute Gasteiger partial charge is 0.228 e. The molecule has 148 valence electrons. The van der Waals surface area contributed by atoms with Crippen molar-refractivity contribution < 1.29 is 4.74 Å². The number of hydrogen-bond acceptors (Lipinski definition) is 7. The zero-order valence-electron chi connectivity index (χ0n) is 16.5. The molecule has 0 atom stereocenters. The summed E-state index contributed by atoms with van der Waals surface area (Å²) in [7, 11) is 0. The number of morpholine rings is 1. The molecule has 1 saturated heterocycles. The van der Waals surface area contributed by atoms with Crippen LogP contribution in [0, 0.1) is 0 Å². The highest BCUT2D eigenvalue weighted by atomic mass is 16.5. The summed E-state index contributed by atoms with van der Waals surface area (Å²) in [4.78, 5) is 16.0. The first-order valence-corrected chi connectivity index (χ1v) is 9.88. The predicted molar refractivity (Wildman–Crippen MR) is 114 cm³/mol. The number of anilines is 3. The number of pyridine rings is 1. The molecule has 1 N–H and O–H groups in total. The third kappa shape index (κ3) is 3.36. The molecule has 4 aromatic rings. The zero-order valence-corrected chi connectivity index (χ0v) is 16.5. The van der Waals surface area contributed by atoms with Crippen molar-refractivity contribution in [2.24, 2.45) is 0 Å². The van der Waals surface area contributed by atoms with Crippen LogP contribution in [0.1, 0.15) is 19.9 Å². The van der Waals surface area contributed by atoms with Crippen molar-refractivity contribution in [3.05, 3.63) is 42.9 Å². The van der Waals surface area contributed by atoms with Crippen LogP contribution in [0.4, 0.5) is 17.5 Å². The second kappa shape index (κ2) is 7.29. The molecular formula is C21H23N7O. The van der Waals surface area contributed by atoms with Crippen molar-refractivity contribution in [2.45, 2.75) is 19.9 Å². The van der Waals surface area contributed by atoms with Crippen LogP contribution in [-0.4, -0.2) is 51.0 Å². The van der Waals surface area contributed by atoms with Gasteiger partial charge in [0.05, 0.1) is 36.8 Å². The first kappa shape index (κ1) is 17.8. The monoisotopic (exact) mass is 389 g/mol. The summed E-state index contributed by atoms with van der Waals surface area (Å²) in [6.45, 7) is 7.53. The van der Waals surface area contributed by atoms with Crippen molar-refractivity contribution >= 4 is 39.3 Å². The van der Waals surface area contributed by atoms with E-state index in [4.69, 9.17) is 9.72 Å². The van der Waals surface area contributed by atoms with Gasteiger partial charge in [-0.25, -0.2) is 15.0 Å². The Morgan fingerprint density at radius 3 is 2.55 bits per heavy atom. The molecule has 0 radical (unpaired) electrons. The molecule has 4 heterocycles. The number of benzene rings is 1. The Bertz CT molecular complexity index is 1150. The van der Waals surface area contributed by atoms with Gasteiger partial charge in [-0.15, -0.1) is 0 Å². The van der Waals surface area contributed by atoms with Crippen molar-refractivity contribution in [1.29, 1.82) is 0 Å². The molecule has 1 fully saturated rings. The highest BCUT2D eigenvalue weighted by Gasteiger charge is 2.13. The van der Waals surface area contributed by atoms with E-state index < -0.39 is 0 Å². The number of nitrogens with zero attached hydrogens (tertiary/aromatic N) is 6. The highest BCUT2D eigenvalue weighted by Crippen LogP contribution is 2.27. The summed E-state index contributed by atoms with van der Waals surface area (Å²) in [5, 5.41) is 9.81. The Balaban J connectivity index is 1.46. The van der Waals surface area contributed by atoms with Crippen molar-refractivity contribution in [3.8, 4) is 0 Å². The minimum atomic E-state index is 0.249. The van der Waals surface area contributed by atoms with Crippen molar-refractivity contribution in [2.75, 3.05) is 36.5 Å². The summed E-state index contributed by atoms with van der Waals surface area (Å²) < 4.78 is 7.41. The van der Waals surface area contributed by atoms with Crippen LogP contribution in [0.25, 0.3) is 21.8 Å². The Kier molecular flexibility index (Phi) is 4.48. The van der Waals surface area contributed by atoms with E-state index in [9.17, 15) is 0 Å². The van der Waals surface area contributed by atoms with Gasteiger partial charge in [0.15, 0.2) is 0 Å². The maximum absolute atomic E-state index is 5.41. The van der Waals surface area contributed by atoms with Gasteiger partial charge in [0.25, 0.3) is 0 Å². The molecule has 1 aliphatic heterocycles. The van der Waals surface area contributed by atoms with Gasteiger partial charge < -0.3 is 15.0 Å². The normalized spacial score (nSPS) is 14.8. The van der Waals surface area contributed by atoms with Gasteiger partial charge in [-0.05, 0) is 26.0 Å². The van der Waals surface area contributed by atoms with E-state index in [1.165, 1.54) is 0 Å². The molecule has 8 nitrogen and oxygen atoms in total. The lowest BCUT2D eigenvalue weighted by Gasteiger charge is -2.28. The molecule has 1 aliphatic rings. The first-order valence-electron chi connectivity index (χ1n) is 9.88. The van der Waals surface area contributed by atoms with Crippen LogP contribution in [0.3, 0.4) is 0 Å². The fourth-order valence-corrected chi connectivity index (χ4v) is 3.66. The Morgan fingerprint density at radius 1 is 0.966 bits per heavy atom. The molecule has 0 unspecified atom stereocenters. The number of nitrogens with one attached hydrogen (secondary N) is 1. The van der Waals surface area contributed by atoms with E-state index in [0.717, 1.165) is 53.8 Å². The number of rotatable bonds is 4. The average molecular weight is 389 g/mol. The zero-order chi connectivity index (χ0) is 19.8. The summed E-state index contributed by atoms with van der Waals surface area (Å²) in [6, 6.07) is 8.36. The van der Waals surface area contributed by atoms with Gasteiger partial charge in [0.1, 0.15) is 11.3 Å². The lowest BCUT2D eigenvalue weighted by molar-refractivity contribution is 0.122. The van der Waals surface area contributed by atoms with Crippen LogP contribution in [0.5, 0.6) is 0 Å². The molecule has 3 aromatic heterocycles. The lowest BCUT2D eigenvalue weighted by Crippen LogP contribution is -2.36. The largest absolute Gasteiger partial charge is 0.378 e. The first-order chi connectivity index (χ1) is 14.2. The Morgan fingerprint density at radius 2 is 1.79 bits per heavy atom. The van der Waals surface area contributed by atoms with E-state index >= 15 is 0 Å². The SMILES string of the molecule is CC(C)n1ncc2ccc3cnc(Nc4ccc(N5CCOCC5)cn4)nc3c21. The quantitative estimate of drug-likeness (QED) is 0.572. The molecule has 8 heteroatoms. The van der Waals surface area contributed by atoms with Crippen molar-refractivity contribution in [1.82, 2.24) is 24.7 Å². The fourth-order valence-electron chi connectivity index (χ4n) is 3.66. The van der Waals surface area contributed by atoms with Gasteiger partial charge in [-0.3, -0.25) is 4.68 Å². The molecule has 5 rings (SSSR count). The van der Waals surface area contributed by atoms with E-state index in [1.54, 1.807) is 0 Å². The van der Waals surface area contributed by atoms with Gasteiger partial charge in [-0.1, -0.05) is 12.1 Å². The van der Waals surface area contributed by atoms with Crippen LogP contribution in [0.15, 0.2) is 42.9 Å². The van der Waals surface area contributed by atoms with Crippen LogP contribution in [0.2, 0.25) is 0 Å². The maximum Gasteiger partial charge on any atom is 0.228 e. The predicted octanol–water partition coefficient (Wildman–Crippen LogP) is 3.54. The minimum absolute atomic E-state index is 0.249. The molecule has 29 heavy (non-hydrogen) atoms. The Hall–Kier alpha value is -3.26. The number of hydrogen-bond donors (Lipinski definition) is 1. The summed E-state index contributed by atoms with van der Waals surface area (Å²) in [5.74, 6) is 1.24. The fraction of sp³-hybridized carbons (Fsp3) is 0.333. The second-order valence-electron chi connectivity index (χ2n) is 7.44. The van der Waals surface area contributed by atoms with Gasteiger partial charge in [0.2, 0.25) is 5.95 Å². The summed E-state index contributed by atoms with van der Waals surface area (Å²) >= 11 is 0. The third-order valence-electron chi connectivity index (χ3n) is 5.16. The topological polar surface area (TPSA) is 81.0 Å². The summed E-state index contributed by atoms with van der Waals surface area (Å²) in [6.07, 6.45) is 5.60.